The van der Waals surface area contributed by atoms with Crippen LogP contribution < -0.4 is 5.32 Å². The maximum absolute atomic E-state index is 12.2. The molecule has 0 unspecified atom stereocenters. The van der Waals surface area contributed by atoms with E-state index in [1.807, 2.05) is 24.4 Å². The van der Waals surface area contributed by atoms with Crippen LogP contribution in [0.5, 0.6) is 0 Å². The Morgan fingerprint density at radius 2 is 1.96 bits per heavy atom. The van der Waals surface area contributed by atoms with Gasteiger partial charge in [0.2, 0.25) is 0 Å². The smallest absolute Gasteiger partial charge is 0.254 e. The number of aryl methyl sites for hydroxylation is 1. The first-order chi connectivity index (χ1) is 11.2. The summed E-state index contributed by atoms with van der Waals surface area (Å²) < 4.78 is 0. The van der Waals surface area contributed by atoms with Crippen molar-refractivity contribution in [2.45, 2.75) is 32.4 Å². The highest BCUT2D eigenvalue weighted by atomic mass is 16.1. The normalized spacial score (nSPS) is 16.2. The lowest BCUT2D eigenvalue weighted by atomic mass is 10.0. The number of amides is 1. The summed E-state index contributed by atoms with van der Waals surface area (Å²) in [6.45, 7) is 4.60. The number of nitrogens with one attached hydrogen (secondary N) is 1. The van der Waals surface area contributed by atoms with Gasteiger partial charge in [-0.05, 0) is 31.9 Å². The molecule has 3 rings (SSSR count). The van der Waals surface area contributed by atoms with E-state index in [0.717, 1.165) is 38.2 Å². The monoisotopic (exact) mass is 311 g/mol. The molecule has 3 heterocycles. The van der Waals surface area contributed by atoms with Gasteiger partial charge in [-0.15, -0.1) is 0 Å². The van der Waals surface area contributed by atoms with Gasteiger partial charge in [0.15, 0.2) is 0 Å². The highest BCUT2D eigenvalue weighted by Crippen LogP contribution is 2.13. The molecular formula is C17H21N5O. The summed E-state index contributed by atoms with van der Waals surface area (Å²) in [5.41, 5.74) is 1.61. The minimum Gasteiger partial charge on any atom is -0.349 e. The minimum atomic E-state index is -0.0897. The fourth-order valence-electron chi connectivity index (χ4n) is 2.73. The standard InChI is InChI=1S/C17H21N5O/c1-13-19-10-14(11-20-13)17(23)21-15-5-8-22(9-6-15)12-16-4-2-3-7-18-16/h2-4,7,10-11,15H,5-6,8-9,12H2,1H3,(H,21,23). The predicted molar refractivity (Wildman–Crippen MR) is 86.8 cm³/mol. The maximum Gasteiger partial charge on any atom is 0.254 e. The zero-order valence-corrected chi connectivity index (χ0v) is 13.3. The van der Waals surface area contributed by atoms with Crippen LogP contribution in [0.2, 0.25) is 0 Å². The van der Waals surface area contributed by atoms with E-state index in [1.165, 1.54) is 0 Å². The summed E-state index contributed by atoms with van der Waals surface area (Å²) in [6, 6.07) is 6.20. The first-order valence-electron chi connectivity index (χ1n) is 7.92. The molecule has 1 saturated heterocycles. The Hall–Kier alpha value is -2.34. The molecule has 23 heavy (non-hydrogen) atoms. The lowest BCUT2D eigenvalue weighted by Crippen LogP contribution is -2.44. The fraction of sp³-hybridized carbons (Fsp3) is 0.412. The largest absolute Gasteiger partial charge is 0.349 e. The average Bonchev–Trinajstić information content (AvgIpc) is 2.58. The Morgan fingerprint density at radius 3 is 2.61 bits per heavy atom. The van der Waals surface area contributed by atoms with Crippen LogP contribution in [0, 0.1) is 6.92 Å². The van der Waals surface area contributed by atoms with Gasteiger partial charge in [-0.1, -0.05) is 6.07 Å². The molecule has 0 atom stereocenters. The minimum absolute atomic E-state index is 0.0897. The number of piperidine rings is 1. The molecule has 0 spiro atoms. The van der Waals surface area contributed by atoms with E-state index >= 15 is 0 Å². The summed E-state index contributed by atoms with van der Waals surface area (Å²) in [7, 11) is 0. The van der Waals surface area contributed by atoms with E-state index in [9.17, 15) is 4.79 Å². The molecule has 1 amide bonds. The van der Waals surface area contributed by atoms with E-state index in [-0.39, 0.29) is 11.9 Å². The SMILES string of the molecule is Cc1ncc(C(=O)NC2CCN(Cc3ccccn3)CC2)cn1. The molecule has 2 aromatic rings. The Morgan fingerprint density at radius 1 is 1.22 bits per heavy atom. The van der Waals surface area contributed by atoms with Crippen molar-refractivity contribution in [2.24, 2.45) is 0 Å². The molecule has 0 radical (unpaired) electrons. The lowest BCUT2D eigenvalue weighted by Gasteiger charge is -2.32. The molecule has 0 aromatic carbocycles. The van der Waals surface area contributed by atoms with E-state index in [1.54, 1.807) is 19.3 Å². The second kappa shape index (κ2) is 7.28. The fourth-order valence-corrected chi connectivity index (χ4v) is 2.73. The van der Waals surface area contributed by atoms with Crippen molar-refractivity contribution in [1.29, 1.82) is 0 Å². The molecule has 0 aliphatic carbocycles. The Bertz CT molecular complexity index is 636. The van der Waals surface area contributed by atoms with Gasteiger partial charge in [-0.2, -0.15) is 0 Å². The summed E-state index contributed by atoms with van der Waals surface area (Å²) in [4.78, 5) is 27.0. The van der Waals surface area contributed by atoms with Crippen molar-refractivity contribution in [1.82, 2.24) is 25.2 Å². The van der Waals surface area contributed by atoms with Crippen molar-refractivity contribution < 1.29 is 4.79 Å². The number of likely N-dealkylation sites (tertiary alicyclic amines) is 1. The van der Waals surface area contributed by atoms with Gasteiger partial charge in [0.05, 0.1) is 11.3 Å². The van der Waals surface area contributed by atoms with E-state index in [4.69, 9.17) is 0 Å². The number of pyridine rings is 1. The third-order valence-corrected chi connectivity index (χ3v) is 4.08. The molecule has 1 fully saturated rings. The number of carbonyl (C=O) groups excluding carboxylic acids is 1. The van der Waals surface area contributed by atoms with Gasteiger partial charge < -0.3 is 5.32 Å². The molecular weight excluding hydrogens is 290 g/mol. The second-order valence-corrected chi connectivity index (χ2v) is 5.86. The number of hydrogen-bond acceptors (Lipinski definition) is 5. The van der Waals surface area contributed by atoms with Crippen molar-refractivity contribution in [3.63, 3.8) is 0 Å². The molecule has 1 aliphatic rings. The van der Waals surface area contributed by atoms with Crippen LogP contribution in [0.3, 0.4) is 0 Å². The summed E-state index contributed by atoms with van der Waals surface area (Å²) in [5, 5.41) is 3.08. The quantitative estimate of drug-likeness (QED) is 0.928. The number of aromatic nitrogens is 3. The van der Waals surface area contributed by atoms with Crippen molar-refractivity contribution >= 4 is 5.91 Å². The predicted octanol–water partition coefficient (Wildman–Crippen LogP) is 1.57. The number of hydrogen-bond donors (Lipinski definition) is 1. The first-order valence-corrected chi connectivity index (χ1v) is 7.92. The van der Waals surface area contributed by atoms with Gasteiger partial charge in [0.25, 0.3) is 5.91 Å². The van der Waals surface area contributed by atoms with Crippen LogP contribution in [0.25, 0.3) is 0 Å². The Labute approximate surface area is 136 Å². The van der Waals surface area contributed by atoms with Crippen LogP contribution >= 0.6 is 0 Å². The maximum atomic E-state index is 12.2. The van der Waals surface area contributed by atoms with E-state index < -0.39 is 0 Å². The van der Waals surface area contributed by atoms with Gasteiger partial charge in [-0.25, -0.2) is 9.97 Å². The van der Waals surface area contributed by atoms with Crippen LogP contribution in [-0.4, -0.2) is 44.9 Å². The second-order valence-electron chi connectivity index (χ2n) is 5.86. The van der Waals surface area contributed by atoms with Gasteiger partial charge in [0, 0.05) is 44.3 Å². The van der Waals surface area contributed by atoms with Crippen molar-refractivity contribution in [2.75, 3.05) is 13.1 Å². The van der Waals surface area contributed by atoms with Gasteiger partial charge in [-0.3, -0.25) is 14.7 Å². The highest BCUT2D eigenvalue weighted by molar-refractivity contribution is 5.93. The first kappa shape index (κ1) is 15.6. The van der Waals surface area contributed by atoms with Crippen molar-refractivity contribution in [3.8, 4) is 0 Å². The zero-order valence-electron chi connectivity index (χ0n) is 13.3. The summed E-state index contributed by atoms with van der Waals surface area (Å²) in [6.07, 6.45) is 6.88. The molecule has 6 nitrogen and oxygen atoms in total. The highest BCUT2D eigenvalue weighted by Gasteiger charge is 2.21. The van der Waals surface area contributed by atoms with E-state index in [2.05, 4.69) is 25.2 Å². The third kappa shape index (κ3) is 4.32. The van der Waals surface area contributed by atoms with Crippen molar-refractivity contribution in [3.05, 3.63) is 53.9 Å². The zero-order chi connectivity index (χ0) is 16.1. The van der Waals surface area contributed by atoms with Crippen LogP contribution in [-0.2, 0) is 6.54 Å². The molecule has 2 aromatic heterocycles. The topological polar surface area (TPSA) is 71.0 Å². The van der Waals surface area contributed by atoms with Crippen LogP contribution in [0.1, 0.15) is 34.7 Å². The molecule has 120 valence electrons. The Kier molecular flexibility index (Phi) is 4.92. The number of rotatable bonds is 4. The number of nitrogens with zero attached hydrogens (tertiary/aromatic N) is 4. The molecule has 6 heteroatoms. The average molecular weight is 311 g/mol. The molecule has 0 saturated carbocycles. The molecule has 1 N–H and O–H groups in total. The molecule has 1 aliphatic heterocycles. The number of carbonyl (C=O) groups is 1. The Balaban J connectivity index is 1.47. The van der Waals surface area contributed by atoms with Crippen LogP contribution in [0.4, 0.5) is 0 Å². The summed E-state index contributed by atoms with van der Waals surface area (Å²) in [5.74, 6) is 0.581. The van der Waals surface area contributed by atoms with E-state index in [0.29, 0.717) is 11.4 Å². The summed E-state index contributed by atoms with van der Waals surface area (Å²) >= 11 is 0. The van der Waals surface area contributed by atoms with Crippen LogP contribution in [0.15, 0.2) is 36.8 Å². The molecule has 0 bridgehead atoms. The van der Waals surface area contributed by atoms with Gasteiger partial charge >= 0.3 is 0 Å². The third-order valence-electron chi connectivity index (χ3n) is 4.08. The lowest BCUT2D eigenvalue weighted by molar-refractivity contribution is 0.0907. The van der Waals surface area contributed by atoms with Gasteiger partial charge in [0.1, 0.15) is 5.82 Å².